The molecule has 0 saturated heterocycles. The molecule has 0 spiro atoms. The molecule has 162 valence electrons. The van der Waals surface area contributed by atoms with E-state index in [4.69, 9.17) is 0 Å². The second-order valence-electron chi connectivity index (χ2n) is 6.26. The van der Waals surface area contributed by atoms with E-state index in [2.05, 4.69) is 10.1 Å². The number of aliphatic hydroxyl groups excluding tert-OH is 1. The Hall–Kier alpha value is -2.72. The summed E-state index contributed by atoms with van der Waals surface area (Å²) in [7, 11) is -0.310. The van der Waals surface area contributed by atoms with Gasteiger partial charge in [0.2, 0.25) is 0 Å². The van der Waals surface area contributed by atoms with Gasteiger partial charge in [0.15, 0.2) is 6.10 Å². The lowest BCUT2D eigenvalue weighted by molar-refractivity contribution is -0.146. The van der Waals surface area contributed by atoms with Crippen LogP contribution in [0.15, 0.2) is 59.5 Å². The van der Waals surface area contributed by atoms with Crippen molar-refractivity contribution < 1.29 is 36.8 Å². The Morgan fingerprint density at radius 2 is 1.70 bits per heavy atom. The first kappa shape index (κ1) is 23.6. The molecule has 0 heterocycles. The summed E-state index contributed by atoms with van der Waals surface area (Å²) in [4.78, 5) is 24.8. The highest BCUT2D eigenvalue weighted by Crippen LogP contribution is 2.30. The number of rotatable bonds is 8. The Morgan fingerprint density at radius 3 is 2.23 bits per heavy atom. The third-order valence-electron chi connectivity index (χ3n) is 4.20. The third-order valence-corrected chi connectivity index (χ3v) is 5.61. The zero-order valence-electron chi connectivity index (χ0n) is 15.9. The molecule has 0 aliphatic heterocycles. The average molecular weight is 443 g/mol. The van der Waals surface area contributed by atoms with Gasteiger partial charge in [0.1, 0.15) is 6.04 Å². The summed E-state index contributed by atoms with van der Waals surface area (Å²) in [6, 6.07) is 10.8. The lowest BCUT2D eigenvalue weighted by Crippen LogP contribution is -2.44. The molecule has 3 atom stereocenters. The molecule has 30 heavy (non-hydrogen) atoms. The van der Waals surface area contributed by atoms with Crippen LogP contribution in [0, 0.1) is 0 Å². The lowest BCUT2D eigenvalue weighted by Gasteiger charge is -2.19. The summed E-state index contributed by atoms with van der Waals surface area (Å²) in [5, 5.41) is 12.4. The number of alkyl halides is 3. The van der Waals surface area contributed by atoms with Gasteiger partial charge in [0.05, 0.1) is 23.5 Å². The molecule has 0 fully saturated rings. The van der Waals surface area contributed by atoms with Gasteiger partial charge in [-0.05, 0) is 36.2 Å². The van der Waals surface area contributed by atoms with Gasteiger partial charge in [-0.3, -0.25) is 9.00 Å². The summed E-state index contributed by atoms with van der Waals surface area (Å²) in [5.41, 5.74) is -0.994. The van der Waals surface area contributed by atoms with Crippen LogP contribution in [0.5, 0.6) is 0 Å². The van der Waals surface area contributed by atoms with Crippen molar-refractivity contribution in [2.75, 3.05) is 12.9 Å². The molecule has 6 nitrogen and oxygen atoms in total. The van der Waals surface area contributed by atoms with Crippen LogP contribution in [0.1, 0.15) is 23.7 Å². The van der Waals surface area contributed by atoms with Gasteiger partial charge in [0, 0.05) is 10.6 Å². The molecule has 10 heteroatoms. The summed E-state index contributed by atoms with van der Waals surface area (Å²) in [6.45, 7) is 0. The second kappa shape index (κ2) is 10.4. The first-order valence-electron chi connectivity index (χ1n) is 8.80. The Balaban J connectivity index is 2.03. The van der Waals surface area contributed by atoms with Crippen LogP contribution < -0.4 is 5.32 Å². The quantitative estimate of drug-likeness (QED) is 0.612. The van der Waals surface area contributed by atoms with Crippen molar-refractivity contribution in [3.63, 3.8) is 0 Å². The van der Waals surface area contributed by atoms with Crippen molar-refractivity contribution in [2.24, 2.45) is 0 Å². The Bertz CT molecular complexity index is 888. The second-order valence-corrected chi connectivity index (χ2v) is 7.83. The summed E-state index contributed by atoms with van der Waals surface area (Å²) in [5.74, 6) is -1.75. The number of carbonyl (C=O) groups excluding carboxylic acids is 2. The van der Waals surface area contributed by atoms with Crippen molar-refractivity contribution in [2.45, 2.75) is 29.6 Å². The molecule has 2 N–H and O–H groups in total. The van der Waals surface area contributed by atoms with E-state index in [-0.39, 0.29) is 17.7 Å². The number of hydrogen-bond donors (Lipinski definition) is 2. The van der Waals surface area contributed by atoms with E-state index in [0.717, 1.165) is 31.4 Å². The van der Waals surface area contributed by atoms with E-state index in [0.29, 0.717) is 4.90 Å². The van der Waals surface area contributed by atoms with Crippen LogP contribution in [0.2, 0.25) is 0 Å². The van der Waals surface area contributed by atoms with E-state index < -0.39 is 46.6 Å². The minimum Gasteiger partial charge on any atom is -0.467 e. The molecule has 0 saturated carbocycles. The van der Waals surface area contributed by atoms with Crippen LogP contribution in [0.4, 0.5) is 13.2 Å². The fraction of sp³-hybridized carbons (Fsp3) is 0.300. The molecule has 0 aromatic heterocycles. The number of benzene rings is 2. The fourth-order valence-corrected chi connectivity index (χ4v) is 3.71. The monoisotopic (exact) mass is 443 g/mol. The van der Waals surface area contributed by atoms with Gasteiger partial charge in [0.25, 0.3) is 5.91 Å². The van der Waals surface area contributed by atoms with E-state index in [1.807, 2.05) is 0 Å². The number of halogens is 3. The van der Waals surface area contributed by atoms with Crippen molar-refractivity contribution in [1.82, 2.24) is 5.32 Å². The van der Waals surface area contributed by atoms with Crippen molar-refractivity contribution in [1.29, 1.82) is 0 Å². The molecule has 0 unspecified atom stereocenters. The molecule has 2 aromatic rings. The highest BCUT2D eigenvalue weighted by molar-refractivity contribution is 7.85. The SMILES string of the molecule is COC(=O)[C@H](CC[S@@](=O)c1ccccc1)NC(=O)[C@H](O)c1ccc(C(F)(F)F)cc1. The van der Waals surface area contributed by atoms with Crippen molar-refractivity contribution in [3.8, 4) is 0 Å². The standard InChI is InChI=1S/C20H20F3NO5S/c1-29-19(27)16(11-12-30(28)15-5-3-2-4-6-15)24-18(26)17(25)13-7-9-14(10-8-13)20(21,22)23/h2-10,16-17,25H,11-12H2,1H3,(H,24,26)/t16-,17+,30+/m0/s1. The van der Waals surface area contributed by atoms with Gasteiger partial charge < -0.3 is 15.2 Å². The molecule has 0 aliphatic rings. The maximum absolute atomic E-state index is 12.6. The van der Waals surface area contributed by atoms with Crippen LogP contribution in [0.25, 0.3) is 0 Å². The molecule has 0 aliphatic carbocycles. The summed E-state index contributed by atoms with van der Waals surface area (Å²) < 4.78 is 54.9. The first-order valence-corrected chi connectivity index (χ1v) is 10.1. The number of hydrogen-bond acceptors (Lipinski definition) is 5. The number of nitrogens with one attached hydrogen (secondary N) is 1. The first-order chi connectivity index (χ1) is 14.1. The Morgan fingerprint density at radius 1 is 1.10 bits per heavy atom. The maximum Gasteiger partial charge on any atom is 0.416 e. The van der Waals surface area contributed by atoms with E-state index in [1.165, 1.54) is 0 Å². The fourth-order valence-electron chi connectivity index (χ4n) is 2.56. The average Bonchev–Trinajstić information content (AvgIpc) is 2.75. The number of carbonyl (C=O) groups is 2. The van der Waals surface area contributed by atoms with E-state index in [9.17, 15) is 32.1 Å². The summed E-state index contributed by atoms with van der Waals surface area (Å²) >= 11 is 0. The highest BCUT2D eigenvalue weighted by Gasteiger charge is 2.31. The normalized spacial score (nSPS) is 14.4. The van der Waals surface area contributed by atoms with E-state index in [1.54, 1.807) is 30.3 Å². The molecule has 0 radical (unpaired) electrons. The molecular formula is C20H20F3NO5S. The minimum absolute atomic E-state index is 0.0281. The molecule has 2 aromatic carbocycles. The lowest BCUT2D eigenvalue weighted by atomic mass is 10.1. The maximum atomic E-state index is 12.6. The third kappa shape index (κ3) is 6.39. The Kier molecular flexibility index (Phi) is 8.13. The van der Waals surface area contributed by atoms with Crippen molar-refractivity contribution in [3.05, 3.63) is 65.7 Å². The van der Waals surface area contributed by atoms with Gasteiger partial charge in [-0.15, -0.1) is 0 Å². The molecule has 2 rings (SSSR count). The van der Waals surface area contributed by atoms with Gasteiger partial charge in [-0.25, -0.2) is 4.79 Å². The topological polar surface area (TPSA) is 92.7 Å². The van der Waals surface area contributed by atoms with Gasteiger partial charge in [-0.2, -0.15) is 13.2 Å². The summed E-state index contributed by atoms with van der Waals surface area (Å²) in [6.07, 6.45) is -6.37. The predicted octanol–water partition coefficient (Wildman–Crippen LogP) is 2.59. The number of aliphatic hydroxyl groups is 1. The zero-order valence-corrected chi connectivity index (χ0v) is 16.7. The highest BCUT2D eigenvalue weighted by atomic mass is 32.2. The van der Waals surface area contributed by atoms with E-state index >= 15 is 0 Å². The van der Waals surface area contributed by atoms with Crippen LogP contribution in [-0.4, -0.2) is 40.1 Å². The number of ether oxygens (including phenoxy) is 1. The Labute approximate surface area is 173 Å². The largest absolute Gasteiger partial charge is 0.467 e. The predicted molar refractivity (Wildman–Crippen MR) is 103 cm³/mol. The van der Waals surface area contributed by atoms with Gasteiger partial charge >= 0.3 is 12.1 Å². The smallest absolute Gasteiger partial charge is 0.416 e. The van der Waals surface area contributed by atoms with Crippen LogP contribution in [0.3, 0.4) is 0 Å². The molecular weight excluding hydrogens is 423 g/mol. The van der Waals surface area contributed by atoms with Crippen LogP contribution in [-0.2, 0) is 31.3 Å². The van der Waals surface area contributed by atoms with Crippen LogP contribution >= 0.6 is 0 Å². The minimum atomic E-state index is -4.55. The number of esters is 1. The number of methoxy groups -OCH3 is 1. The molecule has 0 bridgehead atoms. The van der Waals surface area contributed by atoms with Gasteiger partial charge in [-0.1, -0.05) is 30.3 Å². The zero-order chi connectivity index (χ0) is 22.3. The molecule has 1 amide bonds. The van der Waals surface area contributed by atoms with Crippen molar-refractivity contribution >= 4 is 22.7 Å². The number of amides is 1.